The zero-order valence-electron chi connectivity index (χ0n) is 15.8. The molecule has 0 spiro atoms. The summed E-state index contributed by atoms with van der Waals surface area (Å²) in [6.45, 7) is 6.42. The fourth-order valence-corrected chi connectivity index (χ4v) is 3.74. The molecular formula is C24H22N2O. The number of benzene rings is 3. The molecule has 0 saturated carbocycles. The third-order valence-electron chi connectivity index (χ3n) is 4.80. The number of hydrogen-bond acceptors (Lipinski definition) is 2. The first-order valence-corrected chi connectivity index (χ1v) is 9.05. The van der Waals surface area contributed by atoms with Crippen LogP contribution in [0.5, 0.6) is 5.75 Å². The second kappa shape index (κ2) is 6.76. The van der Waals surface area contributed by atoms with Crippen molar-refractivity contribution in [2.45, 2.75) is 20.8 Å². The van der Waals surface area contributed by atoms with Crippen LogP contribution in [0.25, 0.3) is 28.1 Å². The fraction of sp³-hybridized carbons (Fsp3) is 0.125. The molecule has 3 aromatic carbocycles. The van der Waals surface area contributed by atoms with Crippen molar-refractivity contribution in [2.75, 3.05) is 0 Å². The van der Waals surface area contributed by atoms with Gasteiger partial charge in [-0.2, -0.15) is 5.10 Å². The number of aryl methyl sites for hydroxylation is 3. The summed E-state index contributed by atoms with van der Waals surface area (Å²) in [7, 11) is 0. The van der Waals surface area contributed by atoms with Crippen molar-refractivity contribution in [3.63, 3.8) is 0 Å². The van der Waals surface area contributed by atoms with E-state index in [0.717, 1.165) is 22.5 Å². The summed E-state index contributed by atoms with van der Waals surface area (Å²) in [5.74, 6) is 0.230. The van der Waals surface area contributed by atoms with Crippen LogP contribution in [0.1, 0.15) is 16.7 Å². The van der Waals surface area contributed by atoms with E-state index in [1.54, 1.807) is 12.1 Å². The maximum absolute atomic E-state index is 9.86. The van der Waals surface area contributed by atoms with E-state index in [1.807, 2.05) is 35.0 Å². The lowest BCUT2D eigenvalue weighted by Crippen LogP contribution is -1.94. The van der Waals surface area contributed by atoms with Crippen molar-refractivity contribution in [1.82, 2.24) is 9.78 Å². The molecule has 0 atom stereocenters. The first kappa shape index (κ1) is 17.1. The average molecular weight is 354 g/mol. The van der Waals surface area contributed by atoms with Crippen molar-refractivity contribution < 1.29 is 5.11 Å². The summed E-state index contributed by atoms with van der Waals surface area (Å²) >= 11 is 0. The van der Waals surface area contributed by atoms with Gasteiger partial charge in [-0.25, -0.2) is 4.68 Å². The van der Waals surface area contributed by atoms with Crippen LogP contribution in [0, 0.1) is 20.8 Å². The SMILES string of the molecule is Cc1cc(C)c(-c2cn(-c3cccc(O)c3)nc2-c2ccccc2)c(C)c1. The van der Waals surface area contributed by atoms with Crippen molar-refractivity contribution in [1.29, 1.82) is 0 Å². The molecule has 0 radical (unpaired) electrons. The molecule has 3 nitrogen and oxygen atoms in total. The Hall–Kier alpha value is -3.33. The zero-order chi connectivity index (χ0) is 19.0. The van der Waals surface area contributed by atoms with Gasteiger partial charge in [0.05, 0.1) is 5.69 Å². The van der Waals surface area contributed by atoms with E-state index in [4.69, 9.17) is 5.10 Å². The topological polar surface area (TPSA) is 38.0 Å². The Morgan fingerprint density at radius 1 is 0.815 bits per heavy atom. The Bertz CT molecular complexity index is 1090. The zero-order valence-corrected chi connectivity index (χ0v) is 15.8. The van der Waals surface area contributed by atoms with Crippen LogP contribution >= 0.6 is 0 Å². The van der Waals surface area contributed by atoms with Crippen LogP contribution in [0.15, 0.2) is 72.9 Å². The van der Waals surface area contributed by atoms with Crippen LogP contribution in [0.3, 0.4) is 0 Å². The van der Waals surface area contributed by atoms with Gasteiger partial charge in [0.25, 0.3) is 0 Å². The van der Waals surface area contributed by atoms with Gasteiger partial charge >= 0.3 is 0 Å². The first-order valence-electron chi connectivity index (χ1n) is 9.05. The summed E-state index contributed by atoms with van der Waals surface area (Å²) < 4.78 is 1.84. The quantitative estimate of drug-likeness (QED) is 0.502. The summed E-state index contributed by atoms with van der Waals surface area (Å²) in [6.07, 6.45) is 2.06. The molecule has 0 aliphatic carbocycles. The molecule has 0 aliphatic rings. The molecule has 134 valence electrons. The molecule has 0 amide bonds. The highest BCUT2D eigenvalue weighted by Crippen LogP contribution is 2.36. The van der Waals surface area contributed by atoms with E-state index in [0.29, 0.717) is 0 Å². The maximum Gasteiger partial charge on any atom is 0.117 e. The standard InChI is InChI=1S/C24H22N2O/c1-16-12-17(2)23(18(3)13-16)22-15-26(20-10-7-11-21(27)14-20)25-24(22)19-8-5-4-6-9-19/h4-15,27H,1-3H3. The molecule has 0 saturated heterocycles. The molecule has 0 fully saturated rings. The molecule has 1 heterocycles. The smallest absolute Gasteiger partial charge is 0.117 e. The minimum atomic E-state index is 0.230. The monoisotopic (exact) mass is 354 g/mol. The van der Waals surface area contributed by atoms with Gasteiger partial charge in [0.2, 0.25) is 0 Å². The fourth-order valence-electron chi connectivity index (χ4n) is 3.74. The van der Waals surface area contributed by atoms with Gasteiger partial charge in [-0.1, -0.05) is 54.1 Å². The van der Waals surface area contributed by atoms with E-state index in [9.17, 15) is 5.11 Å². The summed E-state index contributed by atoms with van der Waals surface area (Å²) in [5.41, 5.74) is 8.89. The summed E-state index contributed by atoms with van der Waals surface area (Å²) in [4.78, 5) is 0. The minimum Gasteiger partial charge on any atom is -0.508 e. The third kappa shape index (κ3) is 3.24. The number of hydrogen-bond donors (Lipinski definition) is 1. The third-order valence-corrected chi connectivity index (χ3v) is 4.80. The van der Waals surface area contributed by atoms with Crippen molar-refractivity contribution in [2.24, 2.45) is 0 Å². The van der Waals surface area contributed by atoms with Crippen molar-refractivity contribution >= 4 is 0 Å². The Kier molecular flexibility index (Phi) is 4.28. The minimum absolute atomic E-state index is 0.230. The maximum atomic E-state index is 9.86. The highest BCUT2D eigenvalue weighted by Gasteiger charge is 2.17. The number of phenols is 1. The lowest BCUT2D eigenvalue weighted by atomic mass is 9.92. The van der Waals surface area contributed by atoms with Gasteiger partial charge in [0.15, 0.2) is 0 Å². The number of aromatic nitrogens is 2. The Morgan fingerprint density at radius 2 is 1.52 bits per heavy atom. The number of rotatable bonds is 3. The number of nitrogens with zero attached hydrogens (tertiary/aromatic N) is 2. The van der Waals surface area contributed by atoms with E-state index in [1.165, 1.54) is 22.3 Å². The molecule has 0 bridgehead atoms. The van der Waals surface area contributed by atoms with Gasteiger partial charge < -0.3 is 5.11 Å². The molecule has 27 heavy (non-hydrogen) atoms. The lowest BCUT2D eigenvalue weighted by molar-refractivity contribution is 0.475. The van der Waals surface area contributed by atoms with Gasteiger partial charge in [0, 0.05) is 23.4 Å². The average Bonchev–Trinajstić information content (AvgIpc) is 3.06. The van der Waals surface area contributed by atoms with Gasteiger partial charge in [-0.15, -0.1) is 0 Å². The van der Waals surface area contributed by atoms with Gasteiger partial charge in [-0.05, 0) is 49.6 Å². The molecule has 4 aromatic rings. The highest BCUT2D eigenvalue weighted by molar-refractivity contribution is 5.84. The van der Waals surface area contributed by atoms with Crippen molar-refractivity contribution in [3.05, 3.63) is 89.6 Å². The van der Waals surface area contributed by atoms with E-state index in [2.05, 4.69) is 51.2 Å². The van der Waals surface area contributed by atoms with E-state index in [-0.39, 0.29) is 5.75 Å². The molecule has 3 heteroatoms. The predicted molar refractivity (Wildman–Crippen MR) is 110 cm³/mol. The molecule has 0 unspecified atom stereocenters. The molecule has 4 rings (SSSR count). The summed E-state index contributed by atoms with van der Waals surface area (Å²) in [5, 5.41) is 14.7. The van der Waals surface area contributed by atoms with Crippen molar-refractivity contribution in [3.8, 4) is 33.8 Å². The highest BCUT2D eigenvalue weighted by atomic mass is 16.3. The Balaban J connectivity index is 1.98. The van der Waals surface area contributed by atoms with Crippen LogP contribution in [-0.4, -0.2) is 14.9 Å². The molecule has 1 aromatic heterocycles. The second-order valence-corrected chi connectivity index (χ2v) is 7.00. The van der Waals surface area contributed by atoms with E-state index >= 15 is 0 Å². The first-order chi connectivity index (χ1) is 13.0. The normalized spacial score (nSPS) is 10.9. The molecular weight excluding hydrogens is 332 g/mol. The number of phenolic OH excluding ortho intramolecular Hbond substituents is 1. The largest absolute Gasteiger partial charge is 0.508 e. The second-order valence-electron chi connectivity index (χ2n) is 7.00. The summed E-state index contributed by atoms with van der Waals surface area (Å²) in [6, 6.07) is 21.8. The van der Waals surface area contributed by atoms with Gasteiger partial charge in [0.1, 0.15) is 11.4 Å². The van der Waals surface area contributed by atoms with Crippen LogP contribution in [0.2, 0.25) is 0 Å². The van der Waals surface area contributed by atoms with Gasteiger partial charge in [-0.3, -0.25) is 0 Å². The molecule has 1 N–H and O–H groups in total. The van der Waals surface area contributed by atoms with E-state index < -0.39 is 0 Å². The Morgan fingerprint density at radius 3 is 2.19 bits per heavy atom. The number of aromatic hydroxyl groups is 1. The van der Waals surface area contributed by atoms with Crippen LogP contribution < -0.4 is 0 Å². The van der Waals surface area contributed by atoms with Crippen LogP contribution in [-0.2, 0) is 0 Å². The predicted octanol–water partition coefficient (Wildman–Crippen LogP) is 5.84. The Labute approximate surface area is 159 Å². The molecule has 0 aliphatic heterocycles. The lowest BCUT2D eigenvalue weighted by Gasteiger charge is -2.11. The van der Waals surface area contributed by atoms with Crippen LogP contribution in [0.4, 0.5) is 0 Å².